The summed E-state index contributed by atoms with van der Waals surface area (Å²) >= 11 is 6.02. The van der Waals surface area contributed by atoms with Gasteiger partial charge in [-0.25, -0.2) is 4.98 Å². The van der Waals surface area contributed by atoms with Crippen molar-refractivity contribution in [3.8, 4) is 22.8 Å². The van der Waals surface area contributed by atoms with Gasteiger partial charge in [0.2, 0.25) is 0 Å². The van der Waals surface area contributed by atoms with Gasteiger partial charge in [0.05, 0.1) is 11.3 Å². The van der Waals surface area contributed by atoms with Crippen LogP contribution < -0.4 is 10.1 Å². The Morgan fingerprint density at radius 3 is 2.36 bits per heavy atom. The van der Waals surface area contributed by atoms with Crippen molar-refractivity contribution >= 4 is 17.5 Å². The minimum absolute atomic E-state index is 0.175. The van der Waals surface area contributed by atoms with Gasteiger partial charge in [0, 0.05) is 12.1 Å². The largest absolute Gasteiger partial charge is 0.457 e. The van der Waals surface area contributed by atoms with E-state index in [0.29, 0.717) is 28.7 Å². The molecule has 2 aromatic carbocycles. The highest BCUT2D eigenvalue weighted by Crippen LogP contribution is 2.27. The molecule has 0 aliphatic carbocycles. The summed E-state index contributed by atoms with van der Waals surface area (Å²) in [4.78, 5) is 16.6. The Bertz CT molecular complexity index is 865. The number of carbonyl (C=O) groups is 1. The molecule has 0 atom stereocenters. The van der Waals surface area contributed by atoms with Gasteiger partial charge in [-0.15, -0.1) is 0 Å². The average molecular weight is 353 g/mol. The molecule has 1 amide bonds. The van der Waals surface area contributed by atoms with E-state index in [-0.39, 0.29) is 5.91 Å². The van der Waals surface area contributed by atoms with E-state index in [4.69, 9.17) is 16.3 Å². The number of hydrogen-bond donors (Lipinski definition) is 1. The van der Waals surface area contributed by atoms with Crippen LogP contribution in [-0.2, 0) is 0 Å². The minimum Gasteiger partial charge on any atom is -0.457 e. The molecule has 1 aromatic heterocycles. The fourth-order valence-electron chi connectivity index (χ4n) is 2.40. The van der Waals surface area contributed by atoms with E-state index >= 15 is 0 Å². The Labute approximate surface area is 151 Å². The summed E-state index contributed by atoms with van der Waals surface area (Å²) in [5.41, 5.74) is 1.83. The van der Waals surface area contributed by atoms with E-state index in [1.807, 2.05) is 61.5 Å². The summed E-state index contributed by atoms with van der Waals surface area (Å²) in [6.45, 7) is 2.42. The van der Waals surface area contributed by atoms with Crippen molar-refractivity contribution in [1.82, 2.24) is 10.3 Å². The Morgan fingerprint density at radius 2 is 1.68 bits per heavy atom. The molecule has 0 aliphatic heterocycles. The minimum atomic E-state index is -0.175. The number of pyridine rings is 1. The molecule has 1 heterocycles. The first-order valence-electron chi connectivity index (χ1n) is 7.95. The second-order valence-electron chi connectivity index (χ2n) is 5.33. The maximum absolute atomic E-state index is 12.2. The van der Waals surface area contributed by atoms with Crippen LogP contribution >= 0.6 is 11.6 Å². The standard InChI is InChI=1S/C20H17ClN2O2/c1-2-22-20(24)17-12-13-18(21)23-19(17)14-8-10-16(11-9-14)25-15-6-4-3-5-7-15/h3-13H,2H2,1H3,(H,22,24). The zero-order valence-corrected chi connectivity index (χ0v) is 14.5. The monoisotopic (exact) mass is 352 g/mol. The van der Waals surface area contributed by atoms with Crippen molar-refractivity contribution in [2.24, 2.45) is 0 Å². The highest BCUT2D eigenvalue weighted by Gasteiger charge is 2.14. The Balaban J connectivity index is 1.89. The number of ether oxygens (including phenoxy) is 1. The van der Waals surface area contributed by atoms with E-state index in [1.165, 1.54) is 0 Å². The lowest BCUT2D eigenvalue weighted by Crippen LogP contribution is -2.23. The van der Waals surface area contributed by atoms with Gasteiger partial charge in [-0.3, -0.25) is 4.79 Å². The molecule has 0 saturated carbocycles. The summed E-state index contributed by atoms with van der Waals surface area (Å²) in [5, 5.41) is 3.13. The number of halogens is 1. The summed E-state index contributed by atoms with van der Waals surface area (Å²) in [7, 11) is 0. The summed E-state index contributed by atoms with van der Waals surface area (Å²) in [6.07, 6.45) is 0. The van der Waals surface area contributed by atoms with Crippen molar-refractivity contribution in [3.63, 3.8) is 0 Å². The number of para-hydroxylation sites is 1. The van der Waals surface area contributed by atoms with E-state index in [1.54, 1.807) is 12.1 Å². The second-order valence-corrected chi connectivity index (χ2v) is 5.72. The normalized spacial score (nSPS) is 10.3. The Morgan fingerprint density at radius 1 is 1.00 bits per heavy atom. The topological polar surface area (TPSA) is 51.2 Å². The van der Waals surface area contributed by atoms with Crippen molar-refractivity contribution in [3.05, 3.63) is 77.4 Å². The smallest absolute Gasteiger partial charge is 0.253 e. The fraction of sp³-hybridized carbons (Fsp3) is 0.100. The van der Waals surface area contributed by atoms with Gasteiger partial charge in [-0.05, 0) is 55.5 Å². The van der Waals surface area contributed by atoms with Crippen LogP contribution in [-0.4, -0.2) is 17.4 Å². The predicted molar refractivity (Wildman–Crippen MR) is 99.2 cm³/mol. The lowest BCUT2D eigenvalue weighted by atomic mass is 10.1. The third-order valence-electron chi connectivity index (χ3n) is 3.55. The molecule has 1 N–H and O–H groups in total. The van der Waals surface area contributed by atoms with Crippen LogP contribution in [0.15, 0.2) is 66.7 Å². The lowest BCUT2D eigenvalue weighted by Gasteiger charge is -2.10. The number of carbonyl (C=O) groups excluding carboxylic acids is 1. The van der Waals surface area contributed by atoms with Gasteiger partial charge in [0.25, 0.3) is 5.91 Å². The van der Waals surface area contributed by atoms with Crippen LogP contribution in [0.5, 0.6) is 11.5 Å². The SMILES string of the molecule is CCNC(=O)c1ccc(Cl)nc1-c1ccc(Oc2ccccc2)cc1. The molecule has 0 radical (unpaired) electrons. The molecule has 3 rings (SSSR count). The van der Waals surface area contributed by atoms with Crippen molar-refractivity contribution < 1.29 is 9.53 Å². The number of nitrogens with zero attached hydrogens (tertiary/aromatic N) is 1. The molecule has 0 bridgehead atoms. The zero-order valence-electron chi connectivity index (χ0n) is 13.7. The molecule has 4 nitrogen and oxygen atoms in total. The Hall–Kier alpha value is -2.85. The molecule has 25 heavy (non-hydrogen) atoms. The van der Waals surface area contributed by atoms with E-state index in [0.717, 1.165) is 11.3 Å². The first-order chi connectivity index (χ1) is 12.2. The number of aromatic nitrogens is 1. The van der Waals surface area contributed by atoms with Gasteiger partial charge >= 0.3 is 0 Å². The van der Waals surface area contributed by atoms with E-state index in [2.05, 4.69) is 10.3 Å². The number of nitrogens with one attached hydrogen (secondary N) is 1. The van der Waals surface area contributed by atoms with Crippen LogP contribution in [0.2, 0.25) is 5.15 Å². The van der Waals surface area contributed by atoms with E-state index < -0.39 is 0 Å². The third kappa shape index (κ3) is 4.17. The second kappa shape index (κ2) is 7.81. The van der Waals surface area contributed by atoms with Gasteiger partial charge < -0.3 is 10.1 Å². The average Bonchev–Trinajstić information content (AvgIpc) is 2.63. The van der Waals surface area contributed by atoms with Crippen LogP contribution in [0, 0.1) is 0 Å². The Kier molecular flexibility index (Phi) is 5.31. The van der Waals surface area contributed by atoms with E-state index in [9.17, 15) is 4.79 Å². The van der Waals surface area contributed by atoms with Crippen molar-refractivity contribution in [2.75, 3.05) is 6.54 Å². The zero-order chi connectivity index (χ0) is 17.6. The van der Waals surface area contributed by atoms with Crippen molar-refractivity contribution in [2.45, 2.75) is 6.92 Å². The summed E-state index contributed by atoms with van der Waals surface area (Å²) in [6, 6.07) is 20.2. The number of rotatable bonds is 5. The first kappa shape index (κ1) is 17.0. The molecule has 0 aliphatic rings. The van der Waals surface area contributed by atoms with Gasteiger partial charge in [-0.1, -0.05) is 29.8 Å². The van der Waals surface area contributed by atoms with Crippen LogP contribution in [0.3, 0.4) is 0 Å². The fourth-order valence-corrected chi connectivity index (χ4v) is 2.55. The summed E-state index contributed by atoms with van der Waals surface area (Å²) in [5.74, 6) is 1.29. The molecular formula is C20H17ClN2O2. The van der Waals surface area contributed by atoms with Gasteiger partial charge in [0.15, 0.2) is 0 Å². The molecule has 3 aromatic rings. The predicted octanol–water partition coefficient (Wildman–Crippen LogP) is 4.94. The van der Waals surface area contributed by atoms with Crippen LogP contribution in [0.25, 0.3) is 11.3 Å². The molecule has 0 fully saturated rings. The molecular weight excluding hydrogens is 336 g/mol. The first-order valence-corrected chi connectivity index (χ1v) is 8.33. The van der Waals surface area contributed by atoms with Gasteiger partial charge in [-0.2, -0.15) is 0 Å². The lowest BCUT2D eigenvalue weighted by molar-refractivity contribution is 0.0956. The number of amides is 1. The highest BCUT2D eigenvalue weighted by atomic mass is 35.5. The quantitative estimate of drug-likeness (QED) is 0.661. The highest BCUT2D eigenvalue weighted by molar-refractivity contribution is 6.29. The molecule has 0 spiro atoms. The maximum atomic E-state index is 12.2. The molecule has 0 unspecified atom stereocenters. The molecule has 126 valence electrons. The summed E-state index contributed by atoms with van der Waals surface area (Å²) < 4.78 is 5.78. The number of benzene rings is 2. The van der Waals surface area contributed by atoms with Crippen LogP contribution in [0.1, 0.15) is 17.3 Å². The van der Waals surface area contributed by atoms with Crippen LogP contribution in [0.4, 0.5) is 0 Å². The number of hydrogen-bond acceptors (Lipinski definition) is 3. The molecule has 0 saturated heterocycles. The molecule has 5 heteroatoms. The third-order valence-corrected chi connectivity index (χ3v) is 3.76. The van der Waals surface area contributed by atoms with Crippen molar-refractivity contribution in [1.29, 1.82) is 0 Å². The maximum Gasteiger partial charge on any atom is 0.253 e. The van der Waals surface area contributed by atoms with Gasteiger partial charge in [0.1, 0.15) is 16.7 Å².